The Kier molecular flexibility index (Phi) is 6.79. The first-order chi connectivity index (χ1) is 15.6. The van der Waals surface area contributed by atoms with Gasteiger partial charge in [0.15, 0.2) is 5.49 Å². The lowest BCUT2D eigenvalue weighted by Crippen LogP contribution is -2.40. The predicted octanol–water partition coefficient (Wildman–Crippen LogP) is 1.48. The number of methoxy groups -OCH3 is 1. The van der Waals surface area contributed by atoms with Crippen LogP contribution in [-0.2, 0) is 9.53 Å². The van der Waals surface area contributed by atoms with Crippen LogP contribution in [0.25, 0.3) is 0 Å². The molecule has 0 bridgehead atoms. The number of nitrogens with zero attached hydrogens (tertiary/aromatic N) is 5. The summed E-state index contributed by atoms with van der Waals surface area (Å²) in [5, 5.41) is 5.44. The summed E-state index contributed by atoms with van der Waals surface area (Å²) < 4.78 is 5.29. The fourth-order valence-corrected chi connectivity index (χ4v) is 4.27. The van der Waals surface area contributed by atoms with E-state index in [2.05, 4.69) is 24.9 Å². The number of carbonyl (C=O) groups excluding carboxylic acids is 2. The molecule has 4 rings (SSSR count). The number of nitrogens with one attached hydrogen (secondary N) is 2. The van der Waals surface area contributed by atoms with Crippen molar-refractivity contribution in [2.45, 2.75) is 19.3 Å². The van der Waals surface area contributed by atoms with E-state index in [0.29, 0.717) is 24.2 Å². The van der Waals surface area contributed by atoms with Crippen molar-refractivity contribution in [3.05, 3.63) is 35.6 Å². The predicted molar refractivity (Wildman–Crippen MR) is 122 cm³/mol. The van der Waals surface area contributed by atoms with Gasteiger partial charge in [-0.3, -0.25) is 9.59 Å². The maximum Gasteiger partial charge on any atom is 0.270 e. The Labute approximate surface area is 187 Å². The molecule has 0 aromatic carbocycles. The minimum absolute atomic E-state index is 0.0513. The van der Waals surface area contributed by atoms with E-state index in [9.17, 15) is 9.59 Å². The highest BCUT2D eigenvalue weighted by molar-refractivity contribution is 5.96. The largest absolute Gasteiger partial charge is 0.383 e. The van der Waals surface area contributed by atoms with Crippen LogP contribution in [0.15, 0.2) is 29.5 Å². The first kappa shape index (κ1) is 21.9. The summed E-state index contributed by atoms with van der Waals surface area (Å²) in [5.41, 5.74) is 3.09. The van der Waals surface area contributed by atoms with Gasteiger partial charge in [-0.2, -0.15) is 5.10 Å². The van der Waals surface area contributed by atoms with Gasteiger partial charge in [-0.25, -0.2) is 5.01 Å². The summed E-state index contributed by atoms with van der Waals surface area (Å²) in [7, 11) is 3.28. The number of likely N-dealkylation sites (tertiary alicyclic amines) is 1. The van der Waals surface area contributed by atoms with Crippen molar-refractivity contribution in [2.24, 2.45) is 5.10 Å². The number of H-pyrrole nitrogens is 2. The highest BCUT2D eigenvalue weighted by Gasteiger charge is 2.29. The number of amides is 2. The van der Waals surface area contributed by atoms with E-state index in [0.717, 1.165) is 62.8 Å². The van der Waals surface area contributed by atoms with Crippen LogP contribution in [0.2, 0.25) is 0 Å². The summed E-state index contributed by atoms with van der Waals surface area (Å²) in [6.45, 7) is 4.51. The van der Waals surface area contributed by atoms with Gasteiger partial charge in [0.1, 0.15) is 11.5 Å². The third-order valence-corrected chi connectivity index (χ3v) is 5.92. The van der Waals surface area contributed by atoms with Gasteiger partial charge in [-0.1, -0.05) is 0 Å². The van der Waals surface area contributed by atoms with E-state index < -0.39 is 0 Å². The second-order valence-electron chi connectivity index (χ2n) is 8.11. The molecule has 2 aliphatic heterocycles. The molecule has 0 atom stereocenters. The Bertz CT molecular complexity index is 1010. The van der Waals surface area contributed by atoms with Crippen LogP contribution >= 0.6 is 0 Å². The zero-order valence-corrected chi connectivity index (χ0v) is 18.7. The van der Waals surface area contributed by atoms with E-state index >= 15 is 0 Å². The summed E-state index contributed by atoms with van der Waals surface area (Å²) in [5.74, 6) is 0.934. The molecule has 32 heavy (non-hydrogen) atoms. The second kappa shape index (κ2) is 9.90. The minimum atomic E-state index is 0.0513. The third-order valence-electron chi connectivity index (χ3n) is 5.92. The Morgan fingerprint density at radius 2 is 2.03 bits per heavy atom. The van der Waals surface area contributed by atoms with Crippen LogP contribution < -0.4 is 15.3 Å². The van der Waals surface area contributed by atoms with Crippen molar-refractivity contribution in [3.63, 3.8) is 0 Å². The molecule has 1 saturated heterocycles. The molecule has 4 heterocycles. The zero-order chi connectivity index (χ0) is 22.5. The maximum atomic E-state index is 13.2. The van der Waals surface area contributed by atoms with E-state index in [4.69, 9.17) is 4.74 Å². The number of pyridine rings is 1. The monoisotopic (exact) mass is 441 g/mol. The van der Waals surface area contributed by atoms with Gasteiger partial charge in [0, 0.05) is 64.8 Å². The number of aromatic nitrogens is 2. The molecule has 172 valence electrons. The third kappa shape index (κ3) is 4.64. The zero-order valence-electron chi connectivity index (χ0n) is 18.7. The highest BCUT2D eigenvalue weighted by Crippen LogP contribution is 2.37. The first-order valence-corrected chi connectivity index (χ1v) is 11.1. The number of aromatic amines is 2. The molecule has 2 amide bonds. The van der Waals surface area contributed by atoms with Gasteiger partial charge in [0.25, 0.3) is 5.91 Å². The van der Waals surface area contributed by atoms with Crippen molar-refractivity contribution in [1.29, 1.82) is 0 Å². The van der Waals surface area contributed by atoms with Gasteiger partial charge in [0.2, 0.25) is 6.41 Å². The first-order valence-electron chi connectivity index (χ1n) is 11.1. The van der Waals surface area contributed by atoms with Crippen molar-refractivity contribution in [1.82, 2.24) is 19.9 Å². The Morgan fingerprint density at radius 3 is 2.78 bits per heavy atom. The summed E-state index contributed by atoms with van der Waals surface area (Å²) in [6.07, 6.45) is 5.74. The minimum Gasteiger partial charge on any atom is -0.383 e. The Morgan fingerprint density at radius 1 is 1.22 bits per heavy atom. The number of piperidine rings is 1. The number of anilines is 3. The van der Waals surface area contributed by atoms with Gasteiger partial charge in [0.05, 0.1) is 12.3 Å². The molecule has 2 aliphatic rings. The molecular formula is C22H31N7O3. The van der Waals surface area contributed by atoms with Gasteiger partial charge >= 0.3 is 0 Å². The van der Waals surface area contributed by atoms with Crippen LogP contribution in [0, 0.1) is 0 Å². The molecule has 10 nitrogen and oxygen atoms in total. The quantitative estimate of drug-likeness (QED) is 0.501. The molecule has 0 aliphatic carbocycles. The molecule has 2 aromatic heterocycles. The van der Waals surface area contributed by atoms with Crippen LogP contribution in [-0.4, -0.2) is 85.7 Å². The van der Waals surface area contributed by atoms with E-state index in [1.807, 2.05) is 23.1 Å². The van der Waals surface area contributed by atoms with E-state index in [1.54, 1.807) is 20.4 Å². The summed E-state index contributed by atoms with van der Waals surface area (Å²) in [4.78, 5) is 36.9. The van der Waals surface area contributed by atoms with Crippen LogP contribution in [0.1, 0.15) is 29.8 Å². The van der Waals surface area contributed by atoms with Crippen LogP contribution in [0.5, 0.6) is 0 Å². The molecule has 2 N–H and O–H groups in total. The molecular weight excluding hydrogens is 410 g/mol. The van der Waals surface area contributed by atoms with Crippen LogP contribution in [0.3, 0.4) is 0 Å². The number of fused-ring (bicyclic) bond motifs is 1. The molecule has 1 fully saturated rings. The topological polar surface area (TPSA) is 100 Å². The molecule has 0 spiro atoms. The molecule has 0 unspecified atom stereocenters. The highest BCUT2D eigenvalue weighted by atomic mass is 16.5. The molecule has 10 heteroatoms. The van der Waals surface area contributed by atoms with Gasteiger partial charge in [-0.05, 0) is 31.4 Å². The number of hydrogen-bond acceptors (Lipinski definition) is 6. The molecule has 2 aromatic rings. The van der Waals surface area contributed by atoms with Crippen molar-refractivity contribution in [2.75, 3.05) is 63.3 Å². The Balaban J connectivity index is 1.69. The SMILES string of the molecule is COCCN1CCN(c2cc[nH]/c(=N\N(C)C=O)c2)c2[nH]c(C(=O)N3CCCCC3)cc21. The molecule has 0 radical (unpaired) electrons. The van der Waals surface area contributed by atoms with Crippen molar-refractivity contribution in [3.8, 4) is 0 Å². The smallest absolute Gasteiger partial charge is 0.270 e. The lowest BCUT2D eigenvalue weighted by atomic mass is 10.1. The maximum absolute atomic E-state index is 13.2. The lowest BCUT2D eigenvalue weighted by molar-refractivity contribution is -0.117. The normalized spacial score (nSPS) is 16.8. The average Bonchev–Trinajstić information content (AvgIpc) is 3.28. The number of hydrogen-bond donors (Lipinski definition) is 2. The second-order valence-corrected chi connectivity index (χ2v) is 8.11. The van der Waals surface area contributed by atoms with E-state index in [-0.39, 0.29) is 5.91 Å². The van der Waals surface area contributed by atoms with Crippen molar-refractivity contribution < 1.29 is 14.3 Å². The van der Waals surface area contributed by atoms with Crippen LogP contribution in [0.4, 0.5) is 17.2 Å². The Hall–Kier alpha value is -3.27. The average molecular weight is 442 g/mol. The van der Waals surface area contributed by atoms with E-state index in [1.165, 1.54) is 11.4 Å². The fourth-order valence-electron chi connectivity index (χ4n) is 4.27. The number of carbonyl (C=O) groups is 2. The van der Waals surface area contributed by atoms with Gasteiger partial charge in [-0.15, -0.1) is 0 Å². The number of rotatable bonds is 7. The summed E-state index contributed by atoms with van der Waals surface area (Å²) in [6, 6.07) is 5.82. The summed E-state index contributed by atoms with van der Waals surface area (Å²) >= 11 is 0. The standard InChI is InChI=1S/C22H31N7O3/c1-26(16-30)25-20-14-17(6-7-23-20)29-11-10-27(12-13-32-2)19-15-18(24-21(19)29)22(31)28-8-4-3-5-9-28/h6-7,14-16,24H,3-5,8-13H2,1-2H3,(H,23,25). The van der Waals surface area contributed by atoms with Crippen molar-refractivity contribution >= 4 is 29.5 Å². The lowest BCUT2D eigenvalue weighted by Gasteiger charge is -2.36. The van der Waals surface area contributed by atoms with Gasteiger partial charge < -0.3 is 29.4 Å². The fraction of sp³-hybridized carbons (Fsp3) is 0.500. The number of ether oxygens (including phenoxy) is 1. The molecule has 0 saturated carbocycles.